The molecule has 0 radical (unpaired) electrons. The van der Waals surface area contributed by atoms with Crippen LogP contribution in [-0.2, 0) is 20.7 Å². The summed E-state index contributed by atoms with van der Waals surface area (Å²) >= 11 is 6.41. The summed E-state index contributed by atoms with van der Waals surface area (Å²) in [5.41, 5.74) is 0.760. The van der Waals surface area contributed by atoms with Gasteiger partial charge in [0, 0.05) is 24.2 Å². The highest BCUT2D eigenvalue weighted by Crippen LogP contribution is 2.45. The third-order valence-electron chi connectivity index (χ3n) is 5.95. The number of amides is 2. The Morgan fingerprint density at radius 1 is 1.14 bits per heavy atom. The summed E-state index contributed by atoms with van der Waals surface area (Å²) in [5, 5.41) is 0.408. The Hall–Kier alpha value is -3.04. The summed E-state index contributed by atoms with van der Waals surface area (Å²) in [6, 6.07) is 11.0. The highest BCUT2D eigenvalue weighted by atomic mass is 35.5. The molecule has 0 saturated carbocycles. The van der Waals surface area contributed by atoms with Gasteiger partial charge in [-0.25, -0.2) is 0 Å². The van der Waals surface area contributed by atoms with Crippen LogP contribution in [0.15, 0.2) is 71.0 Å². The van der Waals surface area contributed by atoms with E-state index in [9.17, 15) is 22.8 Å². The van der Waals surface area contributed by atoms with E-state index in [1.54, 1.807) is 42.5 Å². The maximum absolute atomic E-state index is 13.3. The first kappa shape index (κ1) is 25.1. The molecule has 1 aliphatic carbocycles. The Kier molecular flexibility index (Phi) is 7.37. The topological polar surface area (TPSA) is 71.8 Å². The van der Waals surface area contributed by atoms with Crippen LogP contribution in [0.3, 0.4) is 0 Å². The van der Waals surface area contributed by atoms with Gasteiger partial charge in [0.05, 0.1) is 12.7 Å². The molecule has 186 valence electrons. The molecule has 2 atom stereocenters. The van der Waals surface area contributed by atoms with Gasteiger partial charge >= 0.3 is 6.36 Å². The standard InChI is InChI=1S/C25H24ClF3N2O4/c26-24(35-25(27,28)29)16-18(11-12-20(24)17-7-2-1-3-8-17)30-23(33)21-10-4-5-13-31(21)22(32)15-19-9-6-14-34-19/h1-3,6-9,11-12,14,21H,4-5,10,13,15-16H2,(H,30,33). The van der Waals surface area contributed by atoms with E-state index in [1.165, 1.54) is 23.3 Å². The van der Waals surface area contributed by atoms with Crippen LogP contribution in [0.5, 0.6) is 0 Å². The largest absolute Gasteiger partial charge is 0.524 e. The van der Waals surface area contributed by atoms with Crippen molar-refractivity contribution < 1.29 is 31.9 Å². The number of carbonyl (C=O) groups is 2. The minimum Gasteiger partial charge on any atom is -0.469 e. The van der Waals surface area contributed by atoms with Gasteiger partial charge in [0.15, 0.2) is 5.06 Å². The lowest BCUT2D eigenvalue weighted by Gasteiger charge is -2.37. The maximum Gasteiger partial charge on any atom is 0.524 e. The second-order valence-corrected chi connectivity index (χ2v) is 9.05. The number of rotatable bonds is 6. The van der Waals surface area contributed by atoms with Crippen molar-refractivity contribution in [3.8, 4) is 0 Å². The molecule has 35 heavy (non-hydrogen) atoms. The predicted molar refractivity (Wildman–Crippen MR) is 123 cm³/mol. The molecule has 0 bridgehead atoms. The Labute approximate surface area is 205 Å². The fourth-order valence-electron chi connectivity index (χ4n) is 4.41. The average Bonchev–Trinajstić information content (AvgIpc) is 3.31. The minimum atomic E-state index is -5.00. The molecule has 4 rings (SSSR count). The molecule has 0 spiro atoms. The maximum atomic E-state index is 13.3. The second kappa shape index (κ2) is 10.3. The summed E-state index contributed by atoms with van der Waals surface area (Å²) in [6.07, 6.45) is 0.934. The zero-order valence-corrected chi connectivity index (χ0v) is 19.4. The molecule has 1 aromatic carbocycles. The molecule has 2 aliphatic rings. The molecule has 2 amide bonds. The van der Waals surface area contributed by atoms with E-state index in [1.807, 2.05) is 0 Å². The monoisotopic (exact) mass is 508 g/mol. The van der Waals surface area contributed by atoms with Gasteiger partial charge in [-0.15, -0.1) is 13.2 Å². The number of nitrogens with zero attached hydrogens (tertiary/aromatic N) is 1. The minimum absolute atomic E-state index is 0.0207. The summed E-state index contributed by atoms with van der Waals surface area (Å²) < 4.78 is 49.3. The molecule has 2 unspecified atom stereocenters. The van der Waals surface area contributed by atoms with Crippen LogP contribution >= 0.6 is 11.6 Å². The highest BCUT2D eigenvalue weighted by molar-refractivity contribution is 6.29. The molecule has 1 saturated heterocycles. The smallest absolute Gasteiger partial charge is 0.469 e. The molecular weight excluding hydrogens is 485 g/mol. The van der Waals surface area contributed by atoms with Gasteiger partial charge in [-0.05, 0) is 43.0 Å². The van der Waals surface area contributed by atoms with Gasteiger partial charge < -0.3 is 14.6 Å². The third kappa shape index (κ3) is 6.15. The molecular formula is C25H24ClF3N2O4. The summed E-state index contributed by atoms with van der Waals surface area (Å²) in [6.45, 7) is 0.408. The Bertz CT molecular complexity index is 1120. The third-order valence-corrected chi connectivity index (χ3v) is 6.36. The number of piperidine rings is 1. The molecule has 2 aromatic rings. The van der Waals surface area contributed by atoms with Crippen LogP contribution in [0.2, 0.25) is 0 Å². The summed E-state index contributed by atoms with van der Waals surface area (Å²) in [4.78, 5) is 27.5. The van der Waals surface area contributed by atoms with E-state index < -0.39 is 29.8 Å². The van der Waals surface area contributed by atoms with E-state index in [2.05, 4.69) is 10.1 Å². The number of hydrogen-bond donors (Lipinski definition) is 1. The molecule has 1 N–H and O–H groups in total. The van der Waals surface area contributed by atoms with Gasteiger partial charge in [0.25, 0.3) is 0 Å². The van der Waals surface area contributed by atoms with E-state index in [4.69, 9.17) is 16.0 Å². The van der Waals surface area contributed by atoms with Crippen LogP contribution in [0, 0.1) is 0 Å². The van der Waals surface area contributed by atoms with Crippen molar-refractivity contribution in [1.29, 1.82) is 0 Å². The number of ether oxygens (including phenoxy) is 1. The molecule has 1 aromatic heterocycles. The fourth-order valence-corrected chi connectivity index (χ4v) is 4.81. The number of halogens is 4. The van der Waals surface area contributed by atoms with Gasteiger partial charge in [0.2, 0.25) is 11.8 Å². The van der Waals surface area contributed by atoms with Crippen molar-refractivity contribution in [2.75, 3.05) is 6.54 Å². The first-order chi connectivity index (χ1) is 16.6. The fraction of sp³-hybridized carbons (Fsp3) is 0.360. The van der Waals surface area contributed by atoms with E-state index >= 15 is 0 Å². The van der Waals surface area contributed by atoms with Gasteiger partial charge in [-0.2, -0.15) is 0 Å². The highest BCUT2D eigenvalue weighted by Gasteiger charge is 2.47. The quantitative estimate of drug-likeness (QED) is 0.547. The molecule has 1 aliphatic heterocycles. The van der Waals surface area contributed by atoms with Gasteiger partial charge in [-0.3, -0.25) is 14.3 Å². The lowest BCUT2D eigenvalue weighted by Crippen LogP contribution is -2.52. The number of furan rings is 1. The number of carbonyl (C=O) groups excluding carboxylic acids is 2. The summed E-state index contributed by atoms with van der Waals surface area (Å²) in [7, 11) is 0. The number of hydrogen-bond acceptors (Lipinski definition) is 4. The Morgan fingerprint density at radius 2 is 1.91 bits per heavy atom. The van der Waals surface area contributed by atoms with Crippen LogP contribution in [0.4, 0.5) is 13.2 Å². The lowest BCUT2D eigenvalue weighted by molar-refractivity contribution is -0.342. The van der Waals surface area contributed by atoms with Crippen molar-refractivity contribution in [3.05, 3.63) is 77.9 Å². The Balaban J connectivity index is 1.53. The lowest BCUT2D eigenvalue weighted by atomic mass is 9.92. The van der Waals surface area contributed by atoms with Crippen LogP contribution in [-0.4, -0.2) is 40.7 Å². The number of benzene rings is 1. The van der Waals surface area contributed by atoms with Crippen molar-refractivity contribution >= 4 is 29.0 Å². The first-order valence-corrected chi connectivity index (χ1v) is 11.6. The number of nitrogens with one attached hydrogen (secondary N) is 1. The Morgan fingerprint density at radius 3 is 2.60 bits per heavy atom. The molecule has 1 fully saturated rings. The number of likely N-dealkylation sites (tertiary alicyclic amines) is 1. The van der Waals surface area contributed by atoms with Crippen molar-refractivity contribution in [1.82, 2.24) is 10.2 Å². The number of allylic oxidation sites excluding steroid dienone is 2. The first-order valence-electron chi connectivity index (χ1n) is 11.2. The zero-order valence-electron chi connectivity index (χ0n) is 18.7. The van der Waals surface area contributed by atoms with Crippen LogP contribution < -0.4 is 5.32 Å². The predicted octanol–water partition coefficient (Wildman–Crippen LogP) is 5.16. The molecule has 2 heterocycles. The second-order valence-electron chi connectivity index (χ2n) is 8.44. The molecule has 10 heteroatoms. The average molecular weight is 509 g/mol. The van der Waals surface area contributed by atoms with Crippen molar-refractivity contribution in [3.63, 3.8) is 0 Å². The van der Waals surface area contributed by atoms with Crippen LogP contribution in [0.1, 0.15) is 37.0 Å². The van der Waals surface area contributed by atoms with Gasteiger partial charge in [-0.1, -0.05) is 48.0 Å². The van der Waals surface area contributed by atoms with Crippen molar-refractivity contribution in [2.45, 2.75) is 49.6 Å². The normalized spacial score (nSPS) is 22.9. The van der Waals surface area contributed by atoms with E-state index in [0.29, 0.717) is 24.3 Å². The number of alkyl halides is 4. The SMILES string of the molecule is O=C(NC1=CC=C(c2ccccc2)C(Cl)(OC(F)(F)F)C1)C1CCCCN1C(=O)Cc1ccco1. The van der Waals surface area contributed by atoms with E-state index in [0.717, 1.165) is 12.8 Å². The van der Waals surface area contributed by atoms with Crippen LogP contribution in [0.25, 0.3) is 5.57 Å². The molecule has 6 nitrogen and oxygen atoms in total. The van der Waals surface area contributed by atoms with Gasteiger partial charge in [0.1, 0.15) is 11.8 Å². The van der Waals surface area contributed by atoms with E-state index in [-0.39, 0.29) is 23.6 Å². The summed E-state index contributed by atoms with van der Waals surface area (Å²) in [5.74, 6) is -0.244. The zero-order chi connectivity index (χ0) is 25.1. The van der Waals surface area contributed by atoms with Crippen molar-refractivity contribution in [2.24, 2.45) is 0 Å².